The van der Waals surface area contributed by atoms with Crippen molar-refractivity contribution in [3.8, 4) is 0 Å². The molecular formula is C16H23N3O3. The lowest BCUT2D eigenvalue weighted by molar-refractivity contribution is -0.384. The second-order valence-electron chi connectivity index (χ2n) is 5.54. The summed E-state index contributed by atoms with van der Waals surface area (Å²) in [5, 5.41) is 11.2. The van der Waals surface area contributed by atoms with E-state index in [4.69, 9.17) is 0 Å². The maximum Gasteiger partial charge on any atom is 0.292 e. The topological polar surface area (TPSA) is 66.7 Å². The highest BCUT2D eigenvalue weighted by atomic mass is 16.6. The Balaban J connectivity index is 2.18. The number of nitrogens with zero attached hydrogens (tertiary/aromatic N) is 3. The lowest BCUT2D eigenvalue weighted by Crippen LogP contribution is -2.45. The van der Waals surface area contributed by atoms with Gasteiger partial charge in [0, 0.05) is 32.2 Å². The van der Waals surface area contributed by atoms with Gasteiger partial charge < -0.3 is 9.80 Å². The van der Waals surface area contributed by atoms with Crippen LogP contribution in [0, 0.1) is 16.0 Å². The molecule has 1 saturated heterocycles. The van der Waals surface area contributed by atoms with Crippen LogP contribution in [-0.2, 0) is 4.79 Å². The summed E-state index contributed by atoms with van der Waals surface area (Å²) in [6.07, 6.45) is 1.73. The number of amides is 1. The average Bonchev–Trinajstić information content (AvgIpc) is 2.56. The zero-order valence-electron chi connectivity index (χ0n) is 13.2. The highest BCUT2D eigenvalue weighted by Crippen LogP contribution is 2.31. The van der Waals surface area contributed by atoms with E-state index in [0.717, 1.165) is 19.4 Å². The number of benzene rings is 1. The van der Waals surface area contributed by atoms with Crippen molar-refractivity contribution >= 4 is 17.3 Å². The first-order valence-corrected chi connectivity index (χ1v) is 7.85. The Morgan fingerprint density at radius 3 is 2.68 bits per heavy atom. The summed E-state index contributed by atoms with van der Waals surface area (Å²) in [6, 6.07) is 6.76. The third-order valence-electron chi connectivity index (χ3n) is 4.26. The first kappa shape index (κ1) is 16.3. The van der Waals surface area contributed by atoms with Crippen molar-refractivity contribution in [3.63, 3.8) is 0 Å². The second kappa shape index (κ2) is 7.24. The summed E-state index contributed by atoms with van der Waals surface area (Å²) in [4.78, 5) is 27.2. The number of piperidine rings is 1. The molecule has 1 aliphatic heterocycles. The van der Waals surface area contributed by atoms with Gasteiger partial charge in [-0.2, -0.15) is 0 Å². The van der Waals surface area contributed by atoms with Gasteiger partial charge >= 0.3 is 0 Å². The number of nitro groups is 1. The predicted molar refractivity (Wildman–Crippen MR) is 86.0 cm³/mol. The quantitative estimate of drug-likeness (QED) is 0.619. The number of carbonyl (C=O) groups is 1. The molecule has 1 heterocycles. The van der Waals surface area contributed by atoms with Gasteiger partial charge in [0.05, 0.1) is 10.8 Å². The predicted octanol–water partition coefficient (Wildman–Crippen LogP) is 2.68. The van der Waals surface area contributed by atoms with Crippen LogP contribution < -0.4 is 4.90 Å². The molecule has 1 aromatic carbocycles. The Morgan fingerprint density at radius 2 is 2.05 bits per heavy atom. The van der Waals surface area contributed by atoms with Gasteiger partial charge in [-0.15, -0.1) is 0 Å². The van der Waals surface area contributed by atoms with Crippen LogP contribution in [0.25, 0.3) is 0 Å². The van der Waals surface area contributed by atoms with Crippen molar-refractivity contribution < 1.29 is 9.72 Å². The largest absolute Gasteiger partial charge is 0.365 e. The van der Waals surface area contributed by atoms with Crippen molar-refractivity contribution in [1.82, 2.24) is 4.90 Å². The van der Waals surface area contributed by atoms with E-state index in [9.17, 15) is 14.9 Å². The molecule has 0 N–H and O–H groups in total. The molecule has 1 aliphatic rings. The van der Waals surface area contributed by atoms with Crippen LogP contribution in [0.2, 0.25) is 0 Å². The molecule has 0 bridgehead atoms. The summed E-state index contributed by atoms with van der Waals surface area (Å²) in [7, 11) is 0. The number of rotatable bonds is 5. The number of anilines is 1. The van der Waals surface area contributed by atoms with Crippen LogP contribution >= 0.6 is 0 Å². The van der Waals surface area contributed by atoms with Gasteiger partial charge in [-0.25, -0.2) is 0 Å². The molecule has 2 rings (SSSR count). The Hall–Kier alpha value is -2.11. The molecule has 1 aromatic rings. The Morgan fingerprint density at radius 1 is 1.36 bits per heavy atom. The number of nitro benzene ring substituents is 1. The normalized spacial score (nSPS) is 18.1. The van der Waals surface area contributed by atoms with E-state index < -0.39 is 0 Å². The molecule has 0 aromatic heterocycles. The highest BCUT2D eigenvalue weighted by molar-refractivity contribution is 5.80. The summed E-state index contributed by atoms with van der Waals surface area (Å²) in [6.45, 7) is 6.68. The molecule has 6 nitrogen and oxygen atoms in total. The third-order valence-corrected chi connectivity index (χ3v) is 4.26. The zero-order valence-corrected chi connectivity index (χ0v) is 13.2. The molecule has 1 atom stereocenters. The zero-order chi connectivity index (χ0) is 16.1. The molecule has 120 valence electrons. The number of para-hydroxylation sites is 2. The third kappa shape index (κ3) is 3.37. The fraction of sp³-hybridized carbons (Fsp3) is 0.562. The Bertz CT molecular complexity index is 543. The van der Waals surface area contributed by atoms with Crippen LogP contribution in [0.15, 0.2) is 24.3 Å². The van der Waals surface area contributed by atoms with Crippen molar-refractivity contribution in [2.75, 3.05) is 31.1 Å². The lowest BCUT2D eigenvalue weighted by atomic mass is 9.95. The smallest absolute Gasteiger partial charge is 0.292 e. The van der Waals surface area contributed by atoms with E-state index in [1.807, 2.05) is 23.6 Å². The molecule has 1 fully saturated rings. The SMILES string of the molecule is CCN(CC)C(=O)[C@H]1CCCN(c2ccccc2[N+](=O)[O-])C1. The Labute approximate surface area is 130 Å². The second-order valence-corrected chi connectivity index (χ2v) is 5.54. The van der Waals surface area contributed by atoms with Gasteiger partial charge in [0.2, 0.25) is 5.91 Å². The molecule has 0 saturated carbocycles. The monoisotopic (exact) mass is 305 g/mol. The first-order valence-electron chi connectivity index (χ1n) is 7.85. The molecular weight excluding hydrogens is 282 g/mol. The van der Waals surface area contributed by atoms with Gasteiger partial charge in [-0.3, -0.25) is 14.9 Å². The molecule has 0 spiro atoms. The average molecular weight is 305 g/mol. The maximum atomic E-state index is 12.5. The minimum atomic E-state index is -0.356. The summed E-state index contributed by atoms with van der Waals surface area (Å²) in [5.74, 6) is 0.0849. The summed E-state index contributed by atoms with van der Waals surface area (Å²) < 4.78 is 0. The van der Waals surface area contributed by atoms with Gasteiger partial charge in [0.1, 0.15) is 5.69 Å². The van der Waals surface area contributed by atoms with E-state index >= 15 is 0 Å². The van der Waals surface area contributed by atoms with E-state index in [1.54, 1.807) is 18.2 Å². The molecule has 0 unspecified atom stereocenters. The minimum Gasteiger partial charge on any atom is -0.365 e. The van der Waals surface area contributed by atoms with Crippen molar-refractivity contribution in [2.45, 2.75) is 26.7 Å². The van der Waals surface area contributed by atoms with E-state index in [2.05, 4.69) is 0 Å². The molecule has 22 heavy (non-hydrogen) atoms. The number of hydrogen-bond donors (Lipinski definition) is 0. The molecule has 0 radical (unpaired) electrons. The maximum absolute atomic E-state index is 12.5. The van der Waals surface area contributed by atoms with E-state index in [1.165, 1.54) is 6.07 Å². The lowest BCUT2D eigenvalue weighted by Gasteiger charge is -2.35. The number of hydrogen-bond acceptors (Lipinski definition) is 4. The Kier molecular flexibility index (Phi) is 5.35. The molecule has 0 aliphatic carbocycles. The van der Waals surface area contributed by atoms with Gasteiger partial charge in [0.15, 0.2) is 0 Å². The first-order chi connectivity index (χ1) is 10.6. The van der Waals surface area contributed by atoms with Crippen LogP contribution in [0.1, 0.15) is 26.7 Å². The van der Waals surface area contributed by atoms with Crippen molar-refractivity contribution in [3.05, 3.63) is 34.4 Å². The number of carbonyl (C=O) groups excluding carboxylic acids is 1. The molecule has 1 amide bonds. The van der Waals surface area contributed by atoms with Gasteiger partial charge in [0.25, 0.3) is 5.69 Å². The fourth-order valence-electron chi connectivity index (χ4n) is 3.08. The van der Waals surface area contributed by atoms with Crippen molar-refractivity contribution in [2.24, 2.45) is 5.92 Å². The summed E-state index contributed by atoms with van der Waals surface area (Å²) in [5.41, 5.74) is 0.725. The van der Waals surface area contributed by atoms with Gasteiger partial charge in [-0.05, 0) is 32.8 Å². The van der Waals surface area contributed by atoms with Crippen LogP contribution in [0.5, 0.6) is 0 Å². The highest BCUT2D eigenvalue weighted by Gasteiger charge is 2.30. The fourth-order valence-corrected chi connectivity index (χ4v) is 3.08. The van der Waals surface area contributed by atoms with Gasteiger partial charge in [-0.1, -0.05) is 12.1 Å². The summed E-state index contributed by atoms with van der Waals surface area (Å²) >= 11 is 0. The standard InChI is InChI=1S/C16H23N3O3/c1-3-17(4-2)16(20)13-8-7-11-18(12-13)14-9-5-6-10-15(14)19(21)22/h5-6,9-10,13H,3-4,7-8,11-12H2,1-2H3/t13-/m0/s1. The minimum absolute atomic E-state index is 0.0755. The van der Waals surface area contributed by atoms with E-state index in [0.29, 0.717) is 25.3 Å². The van der Waals surface area contributed by atoms with Crippen LogP contribution in [0.4, 0.5) is 11.4 Å². The van der Waals surface area contributed by atoms with Crippen LogP contribution in [-0.4, -0.2) is 41.9 Å². The molecule has 6 heteroatoms. The van der Waals surface area contributed by atoms with E-state index in [-0.39, 0.29) is 22.4 Å². The van der Waals surface area contributed by atoms with Crippen molar-refractivity contribution in [1.29, 1.82) is 0 Å². The van der Waals surface area contributed by atoms with Crippen LogP contribution in [0.3, 0.4) is 0 Å².